The molecule has 0 bridgehead atoms. The Hall–Kier alpha value is -1.36. The smallest absolute Gasteiger partial charge is 0.251 e. The summed E-state index contributed by atoms with van der Waals surface area (Å²) < 4.78 is 11.1. The van der Waals surface area contributed by atoms with Crippen molar-refractivity contribution in [1.82, 2.24) is 5.32 Å². The van der Waals surface area contributed by atoms with E-state index in [0.29, 0.717) is 11.3 Å². The molecule has 1 aromatic carbocycles. The molecule has 0 saturated carbocycles. The number of amides is 1. The van der Waals surface area contributed by atoms with E-state index >= 15 is 0 Å². The van der Waals surface area contributed by atoms with Crippen LogP contribution in [0.1, 0.15) is 29.8 Å². The maximum atomic E-state index is 12.1. The third-order valence-corrected chi connectivity index (χ3v) is 3.68. The first-order valence-corrected chi connectivity index (χ1v) is 8.12. The van der Waals surface area contributed by atoms with E-state index in [1.165, 1.54) is 0 Å². The summed E-state index contributed by atoms with van der Waals surface area (Å²) in [5.74, 6) is 0.360. The fourth-order valence-electron chi connectivity index (χ4n) is 1.93. The molecular weight excluding hydrogens is 260 g/mol. The zero-order valence-electron chi connectivity index (χ0n) is 11.9. The minimum absolute atomic E-state index is 0.0915. The van der Waals surface area contributed by atoms with E-state index in [4.69, 9.17) is 0 Å². The van der Waals surface area contributed by atoms with Crippen LogP contribution in [0.2, 0.25) is 0 Å². The van der Waals surface area contributed by atoms with Crippen LogP contribution in [0.3, 0.4) is 0 Å². The van der Waals surface area contributed by atoms with Gasteiger partial charge in [-0.25, -0.2) is 0 Å². The van der Waals surface area contributed by atoms with Gasteiger partial charge < -0.3 is 10.6 Å². The predicted molar refractivity (Wildman–Crippen MR) is 81.2 cm³/mol. The largest absolute Gasteiger partial charge is 0.385 e. The zero-order chi connectivity index (χ0) is 14.4. The van der Waals surface area contributed by atoms with E-state index in [1.54, 1.807) is 6.26 Å². The zero-order valence-corrected chi connectivity index (χ0v) is 12.8. The molecule has 0 aliphatic carbocycles. The van der Waals surface area contributed by atoms with Gasteiger partial charge in [0.25, 0.3) is 5.91 Å². The summed E-state index contributed by atoms with van der Waals surface area (Å²) in [6, 6.07) is 5.58. The molecule has 5 heteroatoms. The quantitative estimate of drug-likeness (QED) is 0.838. The normalized spacial score (nSPS) is 13.7. The summed E-state index contributed by atoms with van der Waals surface area (Å²) in [6.07, 6.45) is 1.64. The molecule has 1 amide bonds. The number of rotatable bonds is 6. The van der Waals surface area contributed by atoms with Crippen LogP contribution in [0, 0.1) is 6.92 Å². The van der Waals surface area contributed by atoms with Crippen LogP contribution in [-0.4, -0.2) is 34.7 Å². The first-order chi connectivity index (χ1) is 8.93. The molecule has 0 aliphatic heterocycles. The molecule has 2 atom stereocenters. The second-order valence-corrected chi connectivity index (χ2v) is 6.15. The number of hydrogen-bond acceptors (Lipinski definition) is 3. The molecule has 2 N–H and O–H groups in total. The van der Waals surface area contributed by atoms with Gasteiger partial charge in [0, 0.05) is 46.6 Å². The first-order valence-electron chi connectivity index (χ1n) is 6.39. The van der Waals surface area contributed by atoms with E-state index in [0.717, 1.165) is 17.8 Å². The summed E-state index contributed by atoms with van der Waals surface area (Å²) in [5, 5.41) is 6.08. The molecule has 0 radical (unpaired) electrons. The summed E-state index contributed by atoms with van der Waals surface area (Å²) in [7, 11) is -0.905. The van der Waals surface area contributed by atoms with Gasteiger partial charge in [-0.15, -0.1) is 0 Å². The van der Waals surface area contributed by atoms with Crippen molar-refractivity contribution in [3.63, 3.8) is 0 Å². The highest BCUT2D eigenvalue weighted by molar-refractivity contribution is 7.84. The predicted octanol–water partition coefficient (Wildman–Crippen LogP) is 1.92. The number of carbonyl (C=O) groups excluding carboxylic acids is 1. The van der Waals surface area contributed by atoms with E-state index in [2.05, 4.69) is 10.6 Å². The van der Waals surface area contributed by atoms with Gasteiger partial charge >= 0.3 is 0 Å². The lowest BCUT2D eigenvalue weighted by Crippen LogP contribution is -2.36. The van der Waals surface area contributed by atoms with Crippen LogP contribution >= 0.6 is 0 Å². The minimum Gasteiger partial charge on any atom is -0.385 e. The van der Waals surface area contributed by atoms with Crippen molar-refractivity contribution in [2.24, 2.45) is 0 Å². The Labute approximate surface area is 117 Å². The van der Waals surface area contributed by atoms with Gasteiger partial charge in [0.2, 0.25) is 0 Å². The number of carbonyl (C=O) groups is 1. The van der Waals surface area contributed by atoms with Gasteiger partial charge in [-0.1, -0.05) is 0 Å². The van der Waals surface area contributed by atoms with Gasteiger partial charge in [0.15, 0.2) is 0 Å². The fourth-order valence-corrected chi connectivity index (χ4v) is 2.72. The molecular formula is C14H22N2O2S. The van der Waals surface area contributed by atoms with Crippen molar-refractivity contribution in [1.29, 1.82) is 0 Å². The lowest BCUT2D eigenvalue weighted by molar-refractivity contribution is 0.0943. The topological polar surface area (TPSA) is 58.2 Å². The van der Waals surface area contributed by atoms with Crippen LogP contribution in [0.5, 0.6) is 0 Å². The molecule has 19 heavy (non-hydrogen) atoms. The Morgan fingerprint density at radius 3 is 2.63 bits per heavy atom. The maximum Gasteiger partial charge on any atom is 0.251 e. The second-order valence-electron chi connectivity index (χ2n) is 4.67. The SMILES string of the molecule is CCNc1ccc(C(=O)NC(C)CS(C)=O)c(C)c1. The number of hydrogen-bond donors (Lipinski definition) is 2. The summed E-state index contributed by atoms with van der Waals surface area (Å²) in [5.41, 5.74) is 2.61. The highest BCUT2D eigenvalue weighted by Crippen LogP contribution is 2.15. The van der Waals surface area contributed by atoms with Crippen molar-refractivity contribution in [3.8, 4) is 0 Å². The Balaban J connectivity index is 2.74. The fraction of sp³-hybridized carbons (Fsp3) is 0.500. The summed E-state index contributed by atoms with van der Waals surface area (Å²) in [4.78, 5) is 12.1. The Bertz CT molecular complexity index is 475. The standard InChI is InChI=1S/C14H22N2O2S/c1-5-15-12-6-7-13(10(2)8-12)14(17)16-11(3)9-19(4)18/h6-8,11,15H,5,9H2,1-4H3,(H,16,17). The molecule has 1 aromatic rings. The van der Waals surface area contributed by atoms with Gasteiger partial charge in [-0.05, 0) is 44.5 Å². The maximum absolute atomic E-state index is 12.1. The molecule has 4 nitrogen and oxygen atoms in total. The number of aryl methyl sites for hydroxylation is 1. The van der Waals surface area contributed by atoms with Gasteiger partial charge in [-0.3, -0.25) is 9.00 Å². The molecule has 0 aromatic heterocycles. The van der Waals surface area contributed by atoms with Crippen LogP contribution in [0.4, 0.5) is 5.69 Å². The van der Waals surface area contributed by atoms with E-state index in [1.807, 2.05) is 39.0 Å². The van der Waals surface area contributed by atoms with Crippen molar-refractivity contribution in [2.75, 3.05) is 23.9 Å². The lowest BCUT2D eigenvalue weighted by atomic mass is 10.1. The molecule has 2 unspecified atom stereocenters. The average molecular weight is 282 g/mol. The number of nitrogens with one attached hydrogen (secondary N) is 2. The highest BCUT2D eigenvalue weighted by Gasteiger charge is 2.13. The van der Waals surface area contributed by atoms with E-state index < -0.39 is 10.8 Å². The van der Waals surface area contributed by atoms with E-state index in [9.17, 15) is 9.00 Å². The van der Waals surface area contributed by atoms with Crippen molar-refractivity contribution >= 4 is 22.4 Å². The Morgan fingerprint density at radius 2 is 2.11 bits per heavy atom. The third-order valence-electron chi connectivity index (χ3n) is 2.71. The summed E-state index contributed by atoms with van der Waals surface area (Å²) >= 11 is 0. The molecule has 0 saturated heterocycles. The van der Waals surface area contributed by atoms with Gasteiger partial charge in [-0.2, -0.15) is 0 Å². The van der Waals surface area contributed by atoms with Crippen LogP contribution in [0.15, 0.2) is 18.2 Å². The average Bonchev–Trinajstić information content (AvgIpc) is 2.27. The second kappa shape index (κ2) is 7.28. The minimum atomic E-state index is -0.905. The van der Waals surface area contributed by atoms with Crippen LogP contribution in [0.25, 0.3) is 0 Å². The van der Waals surface area contributed by atoms with Crippen LogP contribution in [-0.2, 0) is 10.8 Å². The van der Waals surface area contributed by atoms with Crippen molar-refractivity contribution in [3.05, 3.63) is 29.3 Å². The van der Waals surface area contributed by atoms with Gasteiger partial charge in [0.05, 0.1) is 0 Å². The van der Waals surface area contributed by atoms with Gasteiger partial charge in [0.1, 0.15) is 0 Å². The molecule has 0 aliphatic rings. The van der Waals surface area contributed by atoms with E-state index in [-0.39, 0.29) is 11.9 Å². The third kappa shape index (κ3) is 5.03. The first kappa shape index (κ1) is 15.7. The molecule has 0 heterocycles. The monoisotopic (exact) mass is 282 g/mol. The molecule has 106 valence electrons. The van der Waals surface area contributed by atoms with Crippen molar-refractivity contribution in [2.45, 2.75) is 26.8 Å². The Kier molecular flexibility index (Phi) is 6.02. The highest BCUT2D eigenvalue weighted by atomic mass is 32.2. The summed E-state index contributed by atoms with van der Waals surface area (Å²) in [6.45, 7) is 6.66. The molecule has 0 fully saturated rings. The lowest BCUT2D eigenvalue weighted by Gasteiger charge is -2.14. The molecule has 1 rings (SSSR count). The Morgan fingerprint density at radius 1 is 1.42 bits per heavy atom. The van der Waals surface area contributed by atoms with Crippen LogP contribution < -0.4 is 10.6 Å². The molecule has 0 spiro atoms. The number of anilines is 1. The van der Waals surface area contributed by atoms with Crippen molar-refractivity contribution < 1.29 is 9.00 Å². The number of benzene rings is 1.